The van der Waals surface area contributed by atoms with E-state index in [1.165, 1.54) is 11.3 Å². The number of likely N-dealkylation sites (tertiary alicyclic amines) is 2. The normalized spacial score (nSPS) is 27.1. The van der Waals surface area contributed by atoms with Crippen LogP contribution in [0.2, 0.25) is 0 Å². The van der Waals surface area contributed by atoms with Crippen LogP contribution < -0.4 is 0 Å². The molecule has 4 rings (SSSR count). The highest BCUT2D eigenvalue weighted by Gasteiger charge is 2.38. The molecule has 3 saturated heterocycles. The topological polar surface area (TPSA) is 61.5 Å². The Balaban J connectivity index is 1.36. The van der Waals surface area contributed by atoms with Gasteiger partial charge in [-0.3, -0.25) is 14.8 Å². The number of aromatic nitrogens is 2. The number of amides is 1. The number of ether oxygens (including phenoxy) is 1. The number of hydrogen-bond acceptors (Lipinski definition) is 4. The zero-order valence-corrected chi connectivity index (χ0v) is 15.2. The molecule has 138 valence electrons. The average Bonchev–Trinajstić information content (AvgIpc) is 3.31. The molecule has 1 N–H and O–H groups in total. The Morgan fingerprint density at radius 2 is 1.92 bits per heavy atom. The summed E-state index contributed by atoms with van der Waals surface area (Å²) in [7, 11) is 0. The van der Waals surface area contributed by atoms with Crippen molar-refractivity contribution in [1.29, 1.82) is 0 Å². The van der Waals surface area contributed by atoms with Crippen LogP contribution in [0.1, 0.15) is 55.7 Å². The van der Waals surface area contributed by atoms with Gasteiger partial charge in [0.05, 0.1) is 12.2 Å². The third-order valence-corrected chi connectivity index (χ3v) is 6.35. The zero-order chi connectivity index (χ0) is 17.2. The lowest BCUT2D eigenvalue weighted by Crippen LogP contribution is -2.52. The first-order valence-electron chi connectivity index (χ1n) is 9.86. The van der Waals surface area contributed by atoms with Crippen molar-refractivity contribution in [2.24, 2.45) is 0 Å². The minimum absolute atomic E-state index is 0.107. The molecule has 1 unspecified atom stereocenters. The lowest BCUT2D eigenvalue weighted by Gasteiger charge is -2.39. The molecule has 3 aliphatic heterocycles. The highest BCUT2D eigenvalue weighted by atomic mass is 16.5. The van der Waals surface area contributed by atoms with Crippen molar-refractivity contribution in [1.82, 2.24) is 20.0 Å². The third kappa shape index (κ3) is 3.47. The summed E-state index contributed by atoms with van der Waals surface area (Å²) in [4.78, 5) is 17.8. The van der Waals surface area contributed by atoms with Crippen LogP contribution >= 0.6 is 0 Å². The van der Waals surface area contributed by atoms with Crippen LogP contribution in [0.25, 0.3) is 0 Å². The molecule has 3 fully saturated rings. The molecule has 1 atom stereocenters. The van der Waals surface area contributed by atoms with Gasteiger partial charge in [-0.1, -0.05) is 0 Å². The molecule has 6 heteroatoms. The number of H-pyrrole nitrogens is 1. The van der Waals surface area contributed by atoms with Gasteiger partial charge in [0.2, 0.25) is 5.91 Å². The Bertz CT molecular complexity index is 588. The summed E-state index contributed by atoms with van der Waals surface area (Å²) in [5, 5.41) is 7.19. The van der Waals surface area contributed by atoms with Crippen LogP contribution in [0.15, 0.2) is 6.20 Å². The van der Waals surface area contributed by atoms with E-state index in [9.17, 15) is 4.79 Å². The van der Waals surface area contributed by atoms with Crippen molar-refractivity contribution >= 4 is 5.91 Å². The number of piperidine rings is 1. The lowest BCUT2D eigenvalue weighted by molar-refractivity contribution is -0.138. The predicted octanol–water partition coefficient (Wildman–Crippen LogP) is 2.07. The number of aromatic amines is 1. The fraction of sp³-hybridized carbons (Fsp3) is 0.789. The minimum Gasteiger partial charge on any atom is -0.381 e. The molecule has 1 aromatic heterocycles. The number of rotatable bonds is 3. The van der Waals surface area contributed by atoms with E-state index in [4.69, 9.17) is 4.74 Å². The summed E-state index contributed by atoms with van der Waals surface area (Å²) in [5.41, 5.74) is 2.50. The molecule has 4 heterocycles. The molecule has 1 aromatic rings. The van der Waals surface area contributed by atoms with Gasteiger partial charge in [0.15, 0.2) is 0 Å². The lowest BCUT2D eigenvalue weighted by atomic mass is 9.89. The molecule has 0 aliphatic carbocycles. The van der Waals surface area contributed by atoms with Crippen LogP contribution in [-0.2, 0) is 9.53 Å². The van der Waals surface area contributed by atoms with Crippen LogP contribution in [0.3, 0.4) is 0 Å². The van der Waals surface area contributed by atoms with Crippen molar-refractivity contribution < 1.29 is 9.53 Å². The molecule has 0 bridgehead atoms. The fourth-order valence-corrected chi connectivity index (χ4v) is 4.90. The SMILES string of the molecule is Cc1[nH]ncc1C1CCN(C(=O)C2CCCN2C2CCOCC2)CC1. The zero-order valence-electron chi connectivity index (χ0n) is 15.2. The number of carbonyl (C=O) groups excluding carboxylic acids is 1. The highest BCUT2D eigenvalue weighted by Crippen LogP contribution is 2.31. The quantitative estimate of drug-likeness (QED) is 0.910. The molecule has 3 aliphatic rings. The van der Waals surface area contributed by atoms with Gasteiger partial charge >= 0.3 is 0 Å². The number of nitrogens with zero attached hydrogens (tertiary/aromatic N) is 3. The first-order valence-corrected chi connectivity index (χ1v) is 9.86. The van der Waals surface area contributed by atoms with Crippen molar-refractivity contribution in [3.8, 4) is 0 Å². The molecule has 0 spiro atoms. The second-order valence-corrected chi connectivity index (χ2v) is 7.79. The summed E-state index contributed by atoms with van der Waals surface area (Å²) < 4.78 is 5.50. The van der Waals surface area contributed by atoms with E-state index in [0.29, 0.717) is 17.9 Å². The van der Waals surface area contributed by atoms with E-state index in [2.05, 4.69) is 26.9 Å². The fourth-order valence-electron chi connectivity index (χ4n) is 4.90. The summed E-state index contributed by atoms with van der Waals surface area (Å²) in [6.45, 7) is 6.61. The van der Waals surface area contributed by atoms with Crippen molar-refractivity contribution in [3.63, 3.8) is 0 Å². The number of hydrogen-bond donors (Lipinski definition) is 1. The van der Waals surface area contributed by atoms with Crippen LogP contribution in [-0.4, -0.2) is 70.8 Å². The third-order valence-electron chi connectivity index (χ3n) is 6.35. The molecular formula is C19H30N4O2. The summed E-state index contributed by atoms with van der Waals surface area (Å²) >= 11 is 0. The standard InChI is InChI=1S/C19H30N4O2/c1-14-17(13-20-21-14)15-4-9-22(10-5-15)19(24)18-3-2-8-23(18)16-6-11-25-12-7-16/h13,15-16,18H,2-12H2,1H3,(H,20,21). The van der Waals surface area contributed by atoms with E-state index in [0.717, 1.165) is 71.4 Å². The second-order valence-electron chi connectivity index (χ2n) is 7.79. The Kier molecular flexibility index (Phi) is 5.08. The molecule has 0 aromatic carbocycles. The second kappa shape index (κ2) is 7.46. The van der Waals surface area contributed by atoms with Gasteiger partial charge in [0, 0.05) is 38.0 Å². The minimum atomic E-state index is 0.107. The van der Waals surface area contributed by atoms with Crippen molar-refractivity contribution in [3.05, 3.63) is 17.5 Å². The van der Waals surface area contributed by atoms with Gasteiger partial charge in [0.1, 0.15) is 0 Å². The molecule has 0 radical (unpaired) electrons. The van der Waals surface area contributed by atoms with Crippen LogP contribution in [0, 0.1) is 6.92 Å². The predicted molar refractivity (Wildman–Crippen MR) is 95.4 cm³/mol. The molecular weight excluding hydrogens is 316 g/mol. The van der Waals surface area contributed by atoms with Gasteiger partial charge in [-0.15, -0.1) is 0 Å². The van der Waals surface area contributed by atoms with Gasteiger partial charge in [0.25, 0.3) is 0 Å². The summed E-state index contributed by atoms with van der Waals surface area (Å²) in [6, 6.07) is 0.645. The van der Waals surface area contributed by atoms with E-state index >= 15 is 0 Å². The monoisotopic (exact) mass is 346 g/mol. The number of carbonyl (C=O) groups is 1. The first kappa shape index (κ1) is 17.0. The molecule has 0 saturated carbocycles. The van der Waals surface area contributed by atoms with Crippen LogP contribution in [0.4, 0.5) is 0 Å². The van der Waals surface area contributed by atoms with E-state index in [1.807, 2.05) is 6.20 Å². The first-order chi connectivity index (χ1) is 12.2. The van der Waals surface area contributed by atoms with Gasteiger partial charge in [-0.25, -0.2) is 0 Å². The van der Waals surface area contributed by atoms with Crippen molar-refractivity contribution in [2.75, 3.05) is 32.8 Å². The Hall–Kier alpha value is -1.40. The van der Waals surface area contributed by atoms with Gasteiger partial charge < -0.3 is 9.64 Å². The Labute approximate surface area is 149 Å². The summed E-state index contributed by atoms with van der Waals surface area (Å²) in [5.74, 6) is 0.907. The molecule has 6 nitrogen and oxygen atoms in total. The van der Waals surface area contributed by atoms with Gasteiger partial charge in [-0.2, -0.15) is 5.10 Å². The maximum atomic E-state index is 13.1. The molecule has 25 heavy (non-hydrogen) atoms. The van der Waals surface area contributed by atoms with E-state index < -0.39 is 0 Å². The Morgan fingerprint density at radius 1 is 1.16 bits per heavy atom. The highest BCUT2D eigenvalue weighted by molar-refractivity contribution is 5.82. The van der Waals surface area contributed by atoms with Gasteiger partial charge in [-0.05, 0) is 63.5 Å². The van der Waals surface area contributed by atoms with E-state index in [1.54, 1.807) is 0 Å². The smallest absolute Gasteiger partial charge is 0.239 e. The maximum absolute atomic E-state index is 13.1. The summed E-state index contributed by atoms with van der Waals surface area (Å²) in [6.07, 6.45) is 8.39. The van der Waals surface area contributed by atoms with Crippen molar-refractivity contribution in [2.45, 2.75) is 63.5 Å². The largest absolute Gasteiger partial charge is 0.381 e. The maximum Gasteiger partial charge on any atom is 0.239 e. The van der Waals surface area contributed by atoms with E-state index in [-0.39, 0.29) is 6.04 Å². The number of nitrogens with one attached hydrogen (secondary N) is 1. The molecule has 1 amide bonds. The average molecular weight is 346 g/mol. The number of aryl methyl sites for hydroxylation is 1. The van der Waals surface area contributed by atoms with Crippen LogP contribution in [0.5, 0.6) is 0 Å². The Morgan fingerprint density at radius 3 is 2.60 bits per heavy atom.